The quantitative estimate of drug-likeness (QED) is 0.812. The first kappa shape index (κ1) is 14.6. The molecule has 0 heterocycles. The lowest BCUT2D eigenvalue weighted by Crippen LogP contribution is -1.96. The lowest BCUT2D eigenvalue weighted by atomic mass is 10.2. The first-order valence-corrected chi connectivity index (χ1v) is 6.89. The minimum absolute atomic E-state index is 0.251. The summed E-state index contributed by atoms with van der Waals surface area (Å²) in [5.74, 6) is -0.227. The molecule has 6 heteroatoms. The Hall–Kier alpha value is -1.85. The van der Waals surface area contributed by atoms with E-state index in [-0.39, 0.29) is 5.56 Å². The molecule has 0 atom stereocenters. The molecular formula is C14H12ClNO3S. The van der Waals surface area contributed by atoms with Crippen molar-refractivity contribution in [2.24, 2.45) is 0 Å². The number of halogens is 1. The predicted molar refractivity (Wildman–Crippen MR) is 80.9 cm³/mol. The number of carboxylic acid groups (broad SMARTS) is 1. The summed E-state index contributed by atoms with van der Waals surface area (Å²) in [5.41, 5.74) is 1.04. The molecule has 104 valence electrons. The van der Waals surface area contributed by atoms with Gasteiger partial charge in [-0.2, -0.15) is 0 Å². The Morgan fingerprint density at radius 2 is 1.95 bits per heavy atom. The maximum atomic E-state index is 10.8. The fourth-order valence-corrected chi connectivity index (χ4v) is 2.56. The van der Waals surface area contributed by atoms with Crippen LogP contribution in [0.25, 0.3) is 0 Å². The van der Waals surface area contributed by atoms with Gasteiger partial charge in [0.25, 0.3) is 0 Å². The molecular weight excluding hydrogens is 298 g/mol. The Balaban J connectivity index is 2.08. The van der Waals surface area contributed by atoms with Crippen LogP contribution in [0.2, 0.25) is 5.02 Å². The smallest absolute Gasteiger partial charge is 0.335 e. The van der Waals surface area contributed by atoms with E-state index < -0.39 is 5.97 Å². The number of benzene rings is 2. The summed E-state index contributed by atoms with van der Waals surface area (Å²) in [7, 11) is 1.59. The summed E-state index contributed by atoms with van der Waals surface area (Å²) in [6.07, 6.45) is 0. The SMILES string of the molecule is COc1ccc(Cl)cc1SNc1ccc(C(=O)O)cc1. The molecule has 0 radical (unpaired) electrons. The molecule has 0 saturated heterocycles. The van der Waals surface area contributed by atoms with E-state index in [0.29, 0.717) is 10.8 Å². The van der Waals surface area contributed by atoms with Gasteiger partial charge in [-0.3, -0.25) is 0 Å². The third-order valence-electron chi connectivity index (χ3n) is 2.54. The molecule has 0 aliphatic heterocycles. The predicted octanol–water partition coefficient (Wildman–Crippen LogP) is 4.17. The molecule has 0 saturated carbocycles. The highest BCUT2D eigenvalue weighted by molar-refractivity contribution is 8.00. The standard InChI is InChI=1S/C14H12ClNO3S/c1-19-12-7-4-10(15)8-13(12)20-16-11-5-2-9(3-6-11)14(17)18/h2-8,16H,1H3,(H,17,18). The third kappa shape index (κ3) is 3.59. The van der Waals surface area contributed by atoms with Crippen LogP contribution in [-0.4, -0.2) is 18.2 Å². The molecule has 0 spiro atoms. The second-order valence-electron chi connectivity index (χ2n) is 3.88. The van der Waals surface area contributed by atoms with Gasteiger partial charge in [0.15, 0.2) is 0 Å². The van der Waals surface area contributed by atoms with Crippen molar-refractivity contribution in [3.8, 4) is 5.75 Å². The molecule has 20 heavy (non-hydrogen) atoms. The number of aromatic carboxylic acids is 1. The van der Waals surface area contributed by atoms with Gasteiger partial charge < -0.3 is 14.6 Å². The van der Waals surface area contributed by atoms with Gasteiger partial charge in [0.05, 0.1) is 17.6 Å². The number of carbonyl (C=O) groups is 1. The average Bonchev–Trinajstić information content (AvgIpc) is 2.45. The van der Waals surface area contributed by atoms with Crippen LogP contribution >= 0.6 is 23.5 Å². The maximum absolute atomic E-state index is 10.8. The van der Waals surface area contributed by atoms with Crippen molar-refractivity contribution in [3.63, 3.8) is 0 Å². The Bertz CT molecular complexity index is 616. The van der Waals surface area contributed by atoms with E-state index in [1.807, 2.05) is 0 Å². The van der Waals surface area contributed by atoms with Crippen LogP contribution in [0.1, 0.15) is 10.4 Å². The van der Waals surface area contributed by atoms with E-state index in [2.05, 4.69) is 4.72 Å². The van der Waals surface area contributed by atoms with Gasteiger partial charge in [-0.25, -0.2) is 4.79 Å². The normalized spacial score (nSPS) is 10.1. The lowest BCUT2D eigenvalue weighted by molar-refractivity contribution is 0.0697. The summed E-state index contributed by atoms with van der Waals surface area (Å²) >= 11 is 7.30. The monoisotopic (exact) mass is 309 g/mol. The van der Waals surface area contributed by atoms with Crippen LogP contribution in [0.4, 0.5) is 5.69 Å². The maximum Gasteiger partial charge on any atom is 0.335 e. The van der Waals surface area contributed by atoms with Gasteiger partial charge in [-0.1, -0.05) is 11.6 Å². The molecule has 2 N–H and O–H groups in total. The van der Waals surface area contributed by atoms with Crippen molar-refractivity contribution < 1.29 is 14.6 Å². The van der Waals surface area contributed by atoms with Crippen molar-refractivity contribution in [3.05, 3.63) is 53.1 Å². The number of hydrogen-bond acceptors (Lipinski definition) is 4. The summed E-state index contributed by atoms with van der Waals surface area (Å²) in [6, 6.07) is 11.8. The van der Waals surface area contributed by atoms with Crippen LogP contribution in [0.3, 0.4) is 0 Å². The minimum atomic E-state index is -0.944. The minimum Gasteiger partial charge on any atom is -0.496 e. The first-order valence-electron chi connectivity index (χ1n) is 5.70. The Labute approximate surface area is 125 Å². The van der Waals surface area contributed by atoms with Crippen LogP contribution in [0, 0.1) is 0 Å². The lowest BCUT2D eigenvalue weighted by Gasteiger charge is -2.10. The number of nitrogens with one attached hydrogen (secondary N) is 1. The molecule has 0 aliphatic rings. The Morgan fingerprint density at radius 3 is 2.55 bits per heavy atom. The Morgan fingerprint density at radius 1 is 1.25 bits per heavy atom. The molecule has 0 amide bonds. The number of ether oxygens (including phenoxy) is 1. The second kappa shape index (κ2) is 6.54. The fourth-order valence-electron chi connectivity index (χ4n) is 1.53. The molecule has 4 nitrogen and oxygen atoms in total. The number of hydrogen-bond donors (Lipinski definition) is 2. The zero-order chi connectivity index (χ0) is 14.5. The van der Waals surface area contributed by atoms with Gasteiger partial charge in [-0.05, 0) is 54.4 Å². The topological polar surface area (TPSA) is 58.6 Å². The first-order chi connectivity index (χ1) is 9.60. The van der Waals surface area contributed by atoms with Crippen LogP contribution in [0.15, 0.2) is 47.4 Å². The largest absolute Gasteiger partial charge is 0.496 e. The summed E-state index contributed by atoms with van der Waals surface area (Å²) in [6.45, 7) is 0. The van der Waals surface area contributed by atoms with Gasteiger partial charge in [0, 0.05) is 10.7 Å². The van der Waals surface area contributed by atoms with Crippen molar-refractivity contribution in [1.29, 1.82) is 0 Å². The van der Waals surface area contributed by atoms with Crippen molar-refractivity contribution >= 4 is 35.2 Å². The number of rotatable bonds is 5. The highest BCUT2D eigenvalue weighted by Crippen LogP contribution is 2.32. The molecule has 0 unspecified atom stereocenters. The van der Waals surface area contributed by atoms with E-state index in [1.54, 1.807) is 49.6 Å². The number of anilines is 1. The van der Waals surface area contributed by atoms with E-state index in [9.17, 15) is 4.79 Å². The average molecular weight is 310 g/mol. The molecule has 2 aromatic carbocycles. The molecule has 2 rings (SSSR count). The van der Waals surface area contributed by atoms with Crippen LogP contribution in [-0.2, 0) is 0 Å². The molecule has 2 aromatic rings. The summed E-state index contributed by atoms with van der Waals surface area (Å²) < 4.78 is 8.36. The van der Waals surface area contributed by atoms with E-state index in [4.69, 9.17) is 21.4 Å². The molecule has 0 fully saturated rings. The van der Waals surface area contributed by atoms with Gasteiger partial charge >= 0.3 is 5.97 Å². The van der Waals surface area contributed by atoms with Crippen molar-refractivity contribution in [1.82, 2.24) is 0 Å². The number of carboxylic acids is 1. The number of methoxy groups -OCH3 is 1. The highest BCUT2D eigenvalue weighted by Gasteiger charge is 2.06. The Kier molecular flexibility index (Phi) is 4.76. The zero-order valence-corrected chi connectivity index (χ0v) is 12.2. The second-order valence-corrected chi connectivity index (χ2v) is 5.17. The summed E-state index contributed by atoms with van der Waals surface area (Å²) in [5, 5.41) is 9.45. The van der Waals surface area contributed by atoms with Gasteiger partial charge in [-0.15, -0.1) is 0 Å². The molecule has 0 aromatic heterocycles. The molecule has 0 aliphatic carbocycles. The highest BCUT2D eigenvalue weighted by atomic mass is 35.5. The fraction of sp³-hybridized carbons (Fsp3) is 0.0714. The van der Waals surface area contributed by atoms with Crippen molar-refractivity contribution in [2.45, 2.75) is 4.90 Å². The van der Waals surface area contributed by atoms with E-state index in [1.165, 1.54) is 11.9 Å². The van der Waals surface area contributed by atoms with Gasteiger partial charge in [0.2, 0.25) is 0 Å². The summed E-state index contributed by atoms with van der Waals surface area (Å²) in [4.78, 5) is 11.6. The van der Waals surface area contributed by atoms with Crippen LogP contribution in [0.5, 0.6) is 5.75 Å². The zero-order valence-electron chi connectivity index (χ0n) is 10.6. The van der Waals surface area contributed by atoms with Crippen LogP contribution < -0.4 is 9.46 Å². The third-order valence-corrected chi connectivity index (χ3v) is 3.65. The molecule has 0 bridgehead atoms. The van der Waals surface area contributed by atoms with Gasteiger partial charge in [0.1, 0.15) is 5.75 Å². The van der Waals surface area contributed by atoms with E-state index >= 15 is 0 Å². The van der Waals surface area contributed by atoms with Crippen molar-refractivity contribution in [2.75, 3.05) is 11.8 Å². The van der Waals surface area contributed by atoms with E-state index in [0.717, 1.165) is 10.6 Å².